The highest BCUT2D eigenvalue weighted by Gasteiger charge is 2.14. The van der Waals surface area contributed by atoms with Crippen molar-refractivity contribution in [3.05, 3.63) is 64.1 Å². The van der Waals surface area contributed by atoms with E-state index in [9.17, 15) is 19.2 Å². The molecule has 0 heterocycles. The smallest absolute Gasteiger partial charge is 0.325 e. The predicted molar refractivity (Wildman–Crippen MR) is 103 cm³/mol. The summed E-state index contributed by atoms with van der Waals surface area (Å²) in [6, 6.07) is 12.7. The molecule has 0 spiro atoms. The molecule has 0 saturated heterocycles. The largest absolute Gasteiger partial charge is 0.497 e. The Morgan fingerprint density at radius 3 is 2.07 bits per heavy atom. The molecule has 3 amide bonds. The fraction of sp³-hybridized carbons (Fsp3) is 0.158. The molecular formula is C19H17BrN2O6. The molecule has 0 unspecified atom stereocenters. The molecule has 28 heavy (non-hydrogen) atoms. The molecule has 8 nitrogen and oxygen atoms in total. The van der Waals surface area contributed by atoms with Crippen molar-refractivity contribution in [3.8, 4) is 5.75 Å². The highest BCUT2D eigenvalue weighted by Crippen LogP contribution is 2.11. The number of nitrogens with one attached hydrogen (secondary N) is 2. The summed E-state index contributed by atoms with van der Waals surface area (Å²) in [5, 5.41) is 4.48. The molecule has 0 aliphatic carbocycles. The number of ether oxygens (including phenoxy) is 2. The lowest BCUT2D eigenvalue weighted by atomic mass is 10.2. The summed E-state index contributed by atoms with van der Waals surface area (Å²) >= 11 is 3.26. The average Bonchev–Trinajstić information content (AvgIpc) is 2.71. The van der Waals surface area contributed by atoms with Crippen LogP contribution in [0.5, 0.6) is 5.75 Å². The zero-order valence-electron chi connectivity index (χ0n) is 14.9. The van der Waals surface area contributed by atoms with Crippen molar-refractivity contribution in [2.24, 2.45) is 0 Å². The maximum Gasteiger partial charge on any atom is 0.325 e. The van der Waals surface area contributed by atoms with Gasteiger partial charge in [0.25, 0.3) is 17.7 Å². The fourth-order valence-corrected chi connectivity index (χ4v) is 2.29. The van der Waals surface area contributed by atoms with Gasteiger partial charge in [-0.3, -0.25) is 24.5 Å². The molecule has 2 rings (SSSR count). The molecule has 2 aromatic rings. The van der Waals surface area contributed by atoms with Crippen LogP contribution in [0, 0.1) is 0 Å². The fourth-order valence-electron chi connectivity index (χ4n) is 2.03. The standard InChI is InChI=1S/C19H17BrN2O6/c1-27-15-8-4-13(5-9-15)19(26)22-16(23)11-28-17(24)10-21-18(25)12-2-6-14(20)7-3-12/h2-9H,10-11H2,1H3,(H,21,25)(H,22,23,26). The van der Waals surface area contributed by atoms with E-state index in [0.717, 1.165) is 4.47 Å². The third-order valence-electron chi connectivity index (χ3n) is 3.47. The first-order chi connectivity index (χ1) is 13.4. The topological polar surface area (TPSA) is 111 Å². The maximum absolute atomic E-state index is 11.9. The van der Waals surface area contributed by atoms with Crippen LogP contribution in [0.1, 0.15) is 20.7 Å². The lowest BCUT2D eigenvalue weighted by molar-refractivity contribution is -0.147. The third kappa shape index (κ3) is 6.51. The second-order valence-corrected chi connectivity index (χ2v) is 6.37. The van der Waals surface area contributed by atoms with E-state index in [1.165, 1.54) is 19.2 Å². The summed E-state index contributed by atoms with van der Waals surface area (Å²) in [4.78, 5) is 47.2. The van der Waals surface area contributed by atoms with Crippen LogP contribution < -0.4 is 15.4 Å². The molecule has 146 valence electrons. The Kier molecular flexibility index (Phi) is 7.70. The number of carbonyl (C=O) groups excluding carboxylic acids is 4. The van der Waals surface area contributed by atoms with Gasteiger partial charge < -0.3 is 14.8 Å². The van der Waals surface area contributed by atoms with Gasteiger partial charge in [-0.05, 0) is 48.5 Å². The Labute approximate surface area is 169 Å². The van der Waals surface area contributed by atoms with Gasteiger partial charge in [0.15, 0.2) is 6.61 Å². The number of esters is 1. The molecule has 0 atom stereocenters. The zero-order valence-corrected chi connectivity index (χ0v) is 16.4. The molecule has 0 fully saturated rings. The van der Waals surface area contributed by atoms with Gasteiger partial charge in [-0.15, -0.1) is 0 Å². The van der Waals surface area contributed by atoms with Crippen LogP contribution >= 0.6 is 15.9 Å². The Balaban J connectivity index is 1.72. The van der Waals surface area contributed by atoms with Crippen LogP contribution in [0.2, 0.25) is 0 Å². The van der Waals surface area contributed by atoms with Gasteiger partial charge in [0.05, 0.1) is 7.11 Å². The van der Waals surface area contributed by atoms with Gasteiger partial charge in [0.2, 0.25) is 0 Å². The normalized spacial score (nSPS) is 9.93. The number of rotatable bonds is 7. The van der Waals surface area contributed by atoms with E-state index >= 15 is 0 Å². The van der Waals surface area contributed by atoms with Gasteiger partial charge in [0.1, 0.15) is 12.3 Å². The first kappa shape index (κ1) is 21.1. The van der Waals surface area contributed by atoms with E-state index in [1.54, 1.807) is 36.4 Å². The number of benzene rings is 2. The van der Waals surface area contributed by atoms with Crippen LogP contribution in [-0.4, -0.2) is 44.0 Å². The van der Waals surface area contributed by atoms with Crippen LogP contribution in [0.3, 0.4) is 0 Å². The summed E-state index contributed by atoms with van der Waals surface area (Å²) < 4.78 is 10.5. The first-order valence-electron chi connectivity index (χ1n) is 8.06. The second-order valence-electron chi connectivity index (χ2n) is 5.46. The SMILES string of the molecule is COc1ccc(C(=O)NC(=O)COC(=O)CNC(=O)c2ccc(Br)cc2)cc1. The molecule has 9 heteroatoms. The lowest BCUT2D eigenvalue weighted by Gasteiger charge is -2.07. The van der Waals surface area contributed by atoms with E-state index in [4.69, 9.17) is 9.47 Å². The minimum Gasteiger partial charge on any atom is -0.497 e. The number of carbonyl (C=O) groups is 4. The third-order valence-corrected chi connectivity index (χ3v) is 4.00. The van der Waals surface area contributed by atoms with Crippen LogP contribution in [0.25, 0.3) is 0 Å². The van der Waals surface area contributed by atoms with Gasteiger partial charge in [-0.2, -0.15) is 0 Å². The summed E-state index contributed by atoms with van der Waals surface area (Å²) in [6.45, 7) is -1.05. The Bertz CT molecular complexity index is 865. The first-order valence-corrected chi connectivity index (χ1v) is 8.86. The average molecular weight is 449 g/mol. The van der Waals surface area contributed by atoms with Crippen molar-refractivity contribution in [1.29, 1.82) is 0 Å². The molecule has 2 aromatic carbocycles. The van der Waals surface area contributed by atoms with Crippen molar-refractivity contribution in [3.63, 3.8) is 0 Å². The Morgan fingerprint density at radius 1 is 0.893 bits per heavy atom. The molecule has 0 aliphatic heterocycles. The molecular weight excluding hydrogens is 432 g/mol. The number of hydrogen-bond acceptors (Lipinski definition) is 6. The van der Waals surface area contributed by atoms with Crippen LogP contribution in [0.4, 0.5) is 0 Å². The lowest BCUT2D eigenvalue weighted by Crippen LogP contribution is -2.36. The predicted octanol–water partition coefficient (Wildman–Crippen LogP) is 1.69. The minimum atomic E-state index is -0.808. The number of imide groups is 1. The number of amides is 3. The zero-order chi connectivity index (χ0) is 20.5. The monoisotopic (exact) mass is 448 g/mol. The quantitative estimate of drug-likeness (QED) is 0.623. The Morgan fingerprint density at radius 2 is 1.46 bits per heavy atom. The summed E-state index contributed by atoms with van der Waals surface area (Å²) in [5.41, 5.74) is 0.626. The van der Waals surface area contributed by atoms with Crippen LogP contribution in [0.15, 0.2) is 53.0 Å². The van der Waals surface area contributed by atoms with Gasteiger partial charge in [-0.1, -0.05) is 15.9 Å². The van der Waals surface area contributed by atoms with Gasteiger partial charge in [-0.25, -0.2) is 0 Å². The summed E-state index contributed by atoms with van der Waals surface area (Å²) in [6.07, 6.45) is 0. The van der Waals surface area contributed by atoms with E-state index in [0.29, 0.717) is 11.3 Å². The van der Waals surface area contributed by atoms with Crippen molar-refractivity contribution in [2.75, 3.05) is 20.3 Å². The Hall–Kier alpha value is -3.20. The van der Waals surface area contributed by atoms with Crippen molar-refractivity contribution in [2.45, 2.75) is 0 Å². The molecule has 0 aromatic heterocycles. The van der Waals surface area contributed by atoms with E-state index in [2.05, 4.69) is 26.6 Å². The molecule has 0 bridgehead atoms. The highest BCUT2D eigenvalue weighted by molar-refractivity contribution is 9.10. The van der Waals surface area contributed by atoms with Crippen molar-refractivity contribution in [1.82, 2.24) is 10.6 Å². The minimum absolute atomic E-state index is 0.252. The highest BCUT2D eigenvalue weighted by atomic mass is 79.9. The van der Waals surface area contributed by atoms with Crippen LogP contribution in [-0.2, 0) is 14.3 Å². The molecule has 0 saturated carbocycles. The van der Waals surface area contributed by atoms with Gasteiger partial charge >= 0.3 is 5.97 Å². The molecule has 2 N–H and O–H groups in total. The van der Waals surface area contributed by atoms with E-state index < -0.39 is 36.8 Å². The maximum atomic E-state index is 11.9. The summed E-state index contributed by atoms with van der Waals surface area (Å²) in [5.74, 6) is -2.11. The van der Waals surface area contributed by atoms with Crippen molar-refractivity contribution < 1.29 is 28.7 Å². The van der Waals surface area contributed by atoms with Crippen molar-refractivity contribution >= 4 is 39.6 Å². The number of halogens is 1. The van der Waals surface area contributed by atoms with E-state index in [1.807, 2.05) is 0 Å². The molecule has 0 aliphatic rings. The second kappa shape index (κ2) is 10.2. The number of hydrogen-bond donors (Lipinski definition) is 2. The number of methoxy groups -OCH3 is 1. The van der Waals surface area contributed by atoms with Gasteiger partial charge in [0, 0.05) is 15.6 Å². The van der Waals surface area contributed by atoms with E-state index in [-0.39, 0.29) is 5.56 Å². The molecule has 0 radical (unpaired) electrons. The summed E-state index contributed by atoms with van der Waals surface area (Å²) in [7, 11) is 1.49.